The summed E-state index contributed by atoms with van der Waals surface area (Å²) < 4.78 is 43.2. The highest BCUT2D eigenvalue weighted by Crippen LogP contribution is 2.21. The summed E-state index contributed by atoms with van der Waals surface area (Å²) in [6, 6.07) is 13.1. The van der Waals surface area contributed by atoms with Gasteiger partial charge in [0.05, 0.1) is 24.7 Å². The summed E-state index contributed by atoms with van der Waals surface area (Å²) in [6.45, 7) is 3.88. The van der Waals surface area contributed by atoms with Crippen molar-refractivity contribution in [2.45, 2.75) is 24.3 Å². The number of hydrogen-bond donors (Lipinski definition) is 1. The number of morpholine rings is 1. The smallest absolute Gasteiger partial charge is 0.261 e. The van der Waals surface area contributed by atoms with E-state index in [1.807, 2.05) is 6.92 Å². The maximum atomic E-state index is 12.6. The van der Waals surface area contributed by atoms with Crippen LogP contribution in [0.4, 0.5) is 0 Å². The highest BCUT2D eigenvalue weighted by Gasteiger charge is 2.26. The number of ether oxygens (including phenoxy) is 3. The van der Waals surface area contributed by atoms with Gasteiger partial charge >= 0.3 is 0 Å². The number of halogens is 1. The molecule has 174 valence electrons. The Balaban J connectivity index is 1.44. The zero-order chi connectivity index (χ0) is 23.0. The van der Waals surface area contributed by atoms with Crippen molar-refractivity contribution in [2.75, 3.05) is 39.5 Å². The van der Waals surface area contributed by atoms with Crippen molar-refractivity contribution in [1.29, 1.82) is 0 Å². The Morgan fingerprint density at radius 2 is 1.72 bits per heavy atom. The molecule has 1 fully saturated rings. The van der Waals surface area contributed by atoms with Crippen molar-refractivity contribution in [3.8, 4) is 11.5 Å². The van der Waals surface area contributed by atoms with Crippen LogP contribution in [0.5, 0.6) is 11.5 Å². The van der Waals surface area contributed by atoms with E-state index in [4.69, 9.17) is 25.8 Å². The van der Waals surface area contributed by atoms with E-state index in [1.54, 1.807) is 36.4 Å². The molecule has 0 aromatic heterocycles. The molecule has 0 bridgehead atoms. The van der Waals surface area contributed by atoms with Crippen LogP contribution >= 0.6 is 11.6 Å². The molecule has 3 rings (SSSR count). The molecular formula is C22H27ClN2O6S. The van der Waals surface area contributed by atoms with Gasteiger partial charge in [-0.25, -0.2) is 8.42 Å². The molecule has 2 aromatic rings. The maximum absolute atomic E-state index is 12.6. The van der Waals surface area contributed by atoms with Gasteiger partial charge in [-0.05, 0) is 55.0 Å². The van der Waals surface area contributed by atoms with Gasteiger partial charge in [0.15, 0.2) is 6.10 Å². The molecule has 0 aliphatic carbocycles. The molecular weight excluding hydrogens is 456 g/mol. The summed E-state index contributed by atoms with van der Waals surface area (Å²) >= 11 is 5.86. The number of rotatable bonds is 10. The van der Waals surface area contributed by atoms with Crippen LogP contribution in [0, 0.1) is 0 Å². The Labute approximate surface area is 193 Å². The molecule has 1 atom stereocenters. The Hall–Kier alpha value is -2.33. The Morgan fingerprint density at radius 3 is 2.34 bits per heavy atom. The van der Waals surface area contributed by atoms with Crippen LogP contribution in [0.15, 0.2) is 53.4 Å². The summed E-state index contributed by atoms with van der Waals surface area (Å²) in [5.74, 6) is 0.849. The molecule has 1 saturated heterocycles. The lowest BCUT2D eigenvalue weighted by atomic mass is 10.2. The molecule has 0 spiro atoms. The van der Waals surface area contributed by atoms with Crippen LogP contribution < -0.4 is 14.8 Å². The Morgan fingerprint density at radius 1 is 1.09 bits per heavy atom. The fourth-order valence-electron chi connectivity index (χ4n) is 3.10. The van der Waals surface area contributed by atoms with Gasteiger partial charge in [0.25, 0.3) is 5.91 Å². The SMILES string of the molecule is CCC(Oc1ccc(Cl)cc1)C(=O)NCCOc1ccc(S(=O)(=O)N2CCOCC2)cc1. The molecule has 2 aromatic carbocycles. The maximum Gasteiger partial charge on any atom is 0.261 e. The van der Waals surface area contributed by atoms with Crippen molar-refractivity contribution in [1.82, 2.24) is 9.62 Å². The lowest BCUT2D eigenvalue weighted by Gasteiger charge is -2.26. The van der Waals surface area contributed by atoms with Gasteiger partial charge in [0, 0.05) is 18.1 Å². The summed E-state index contributed by atoms with van der Waals surface area (Å²) in [6.07, 6.45) is -0.116. The second kappa shape index (κ2) is 11.5. The number of hydrogen-bond acceptors (Lipinski definition) is 6. The molecule has 1 heterocycles. The minimum Gasteiger partial charge on any atom is -0.492 e. The van der Waals surface area contributed by atoms with Crippen LogP contribution in [-0.2, 0) is 19.6 Å². The van der Waals surface area contributed by atoms with Gasteiger partial charge in [-0.2, -0.15) is 4.31 Å². The molecule has 1 N–H and O–H groups in total. The van der Waals surface area contributed by atoms with Crippen molar-refractivity contribution in [3.63, 3.8) is 0 Å². The van der Waals surface area contributed by atoms with Gasteiger partial charge in [-0.1, -0.05) is 18.5 Å². The molecule has 1 unspecified atom stereocenters. The third-order valence-electron chi connectivity index (χ3n) is 4.86. The number of benzene rings is 2. The number of nitrogens with zero attached hydrogens (tertiary/aromatic N) is 1. The first-order valence-corrected chi connectivity index (χ1v) is 12.2. The van der Waals surface area contributed by atoms with Gasteiger partial charge < -0.3 is 19.5 Å². The molecule has 10 heteroatoms. The van der Waals surface area contributed by atoms with Gasteiger partial charge in [-0.3, -0.25) is 4.79 Å². The Bertz CT molecular complexity index is 976. The Kier molecular flexibility index (Phi) is 8.75. The lowest BCUT2D eigenvalue weighted by molar-refractivity contribution is -0.128. The van der Waals surface area contributed by atoms with Crippen LogP contribution in [0.2, 0.25) is 5.02 Å². The predicted octanol–water partition coefficient (Wildman–Crippen LogP) is 2.71. The third-order valence-corrected chi connectivity index (χ3v) is 7.02. The molecule has 1 aliphatic heterocycles. The van der Waals surface area contributed by atoms with Crippen molar-refractivity contribution in [2.24, 2.45) is 0 Å². The van der Waals surface area contributed by atoms with Gasteiger partial charge in [-0.15, -0.1) is 0 Å². The number of carbonyl (C=O) groups is 1. The third kappa shape index (κ3) is 6.59. The van der Waals surface area contributed by atoms with Gasteiger partial charge in [0.2, 0.25) is 10.0 Å². The van der Waals surface area contributed by atoms with Crippen molar-refractivity contribution < 1.29 is 27.4 Å². The summed E-state index contributed by atoms with van der Waals surface area (Å²) in [4.78, 5) is 12.6. The van der Waals surface area contributed by atoms with E-state index in [0.29, 0.717) is 49.2 Å². The second-order valence-electron chi connectivity index (χ2n) is 7.10. The van der Waals surface area contributed by atoms with Crippen molar-refractivity contribution in [3.05, 3.63) is 53.6 Å². The first-order valence-electron chi connectivity index (χ1n) is 10.4. The van der Waals surface area contributed by atoms with E-state index in [9.17, 15) is 13.2 Å². The zero-order valence-corrected chi connectivity index (χ0v) is 19.4. The average Bonchev–Trinajstić information content (AvgIpc) is 2.82. The topological polar surface area (TPSA) is 94.2 Å². The van der Waals surface area contributed by atoms with E-state index < -0.39 is 16.1 Å². The molecule has 0 radical (unpaired) electrons. The second-order valence-corrected chi connectivity index (χ2v) is 9.47. The summed E-state index contributed by atoms with van der Waals surface area (Å²) in [5.41, 5.74) is 0. The highest BCUT2D eigenvalue weighted by atomic mass is 35.5. The average molecular weight is 483 g/mol. The summed E-state index contributed by atoms with van der Waals surface area (Å²) in [7, 11) is -3.54. The number of sulfonamides is 1. The normalized spacial score (nSPS) is 15.7. The van der Waals surface area contributed by atoms with Crippen molar-refractivity contribution >= 4 is 27.5 Å². The highest BCUT2D eigenvalue weighted by molar-refractivity contribution is 7.89. The van der Waals surface area contributed by atoms with Crippen LogP contribution in [0.1, 0.15) is 13.3 Å². The van der Waals surface area contributed by atoms with Crippen LogP contribution in [0.25, 0.3) is 0 Å². The van der Waals surface area contributed by atoms with E-state index in [-0.39, 0.29) is 24.0 Å². The fraction of sp³-hybridized carbons (Fsp3) is 0.409. The summed E-state index contributed by atoms with van der Waals surface area (Å²) in [5, 5.41) is 3.38. The predicted molar refractivity (Wildman–Crippen MR) is 121 cm³/mol. The minimum absolute atomic E-state index is 0.213. The molecule has 32 heavy (non-hydrogen) atoms. The van der Waals surface area contributed by atoms with E-state index in [2.05, 4.69) is 5.32 Å². The monoisotopic (exact) mass is 482 g/mol. The zero-order valence-electron chi connectivity index (χ0n) is 17.8. The van der Waals surface area contributed by atoms with E-state index in [1.165, 1.54) is 16.4 Å². The lowest BCUT2D eigenvalue weighted by Crippen LogP contribution is -2.40. The molecule has 0 saturated carbocycles. The number of nitrogens with one attached hydrogen (secondary N) is 1. The van der Waals surface area contributed by atoms with E-state index >= 15 is 0 Å². The molecule has 1 amide bonds. The standard InChI is InChI=1S/C22H27ClN2O6S/c1-2-21(31-19-5-3-17(23)4-6-19)22(26)24-11-14-30-18-7-9-20(10-8-18)32(27,28)25-12-15-29-16-13-25/h3-10,21H,2,11-16H2,1H3,(H,24,26). The first-order chi connectivity index (χ1) is 15.4. The largest absolute Gasteiger partial charge is 0.492 e. The van der Waals surface area contributed by atoms with Crippen LogP contribution in [-0.4, -0.2) is 64.2 Å². The van der Waals surface area contributed by atoms with Crippen LogP contribution in [0.3, 0.4) is 0 Å². The fourth-order valence-corrected chi connectivity index (χ4v) is 4.63. The quantitative estimate of drug-likeness (QED) is 0.523. The first kappa shape index (κ1) is 24.3. The minimum atomic E-state index is -3.54. The molecule has 8 nitrogen and oxygen atoms in total. The molecule has 1 aliphatic rings. The number of carbonyl (C=O) groups excluding carboxylic acids is 1. The van der Waals surface area contributed by atoms with Gasteiger partial charge in [0.1, 0.15) is 18.1 Å². The number of amides is 1. The van der Waals surface area contributed by atoms with E-state index in [0.717, 1.165) is 0 Å².